The molecular weight excluding hydrogens is 452 g/mol. The number of halogens is 1. The molecule has 0 aliphatic rings. The first-order valence-corrected chi connectivity index (χ1v) is 11.4. The number of amides is 1. The van der Waals surface area contributed by atoms with Gasteiger partial charge in [0.05, 0.1) is 17.6 Å². The first-order chi connectivity index (χ1) is 16.3. The lowest BCUT2D eigenvalue weighted by Crippen LogP contribution is -2.30. The van der Waals surface area contributed by atoms with Crippen molar-refractivity contribution in [2.45, 2.75) is 39.8 Å². The quantitative estimate of drug-likeness (QED) is 0.425. The molecule has 7 nitrogen and oxygen atoms in total. The number of aryl methyl sites for hydroxylation is 3. The van der Waals surface area contributed by atoms with Crippen LogP contribution in [0.4, 0.5) is 0 Å². The number of pyridine rings is 1. The van der Waals surface area contributed by atoms with Crippen LogP contribution >= 0.6 is 11.6 Å². The maximum absolute atomic E-state index is 13.3. The van der Waals surface area contributed by atoms with E-state index in [-0.39, 0.29) is 36.4 Å². The van der Waals surface area contributed by atoms with Crippen molar-refractivity contribution in [3.05, 3.63) is 108 Å². The fourth-order valence-electron chi connectivity index (χ4n) is 3.97. The van der Waals surface area contributed by atoms with Gasteiger partial charge in [-0.05, 0) is 49.2 Å². The van der Waals surface area contributed by atoms with Gasteiger partial charge in [0.1, 0.15) is 5.69 Å². The summed E-state index contributed by atoms with van der Waals surface area (Å²) in [6.45, 7) is 4.16. The van der Waals surface area contributed by atoms with Crippen LogP contribution in [0.2, 0.25) is 5.02 Å². The fourth-order valence-corrected chi connectivity index (χ4v) is 4.13. The summed E-state index contributed by atoms with van der Waals surface area (Å²) in [6.07, 6.45) is 0.244. The van der Waals surface area contributed by atoms with E-state index in [9.17, 15) is 14.4 Å². The summed E-state index contributed by atoms with van der Waals surface area (Å²) in [7, 11) is 0. The third-order valence-corrected chi connectivity index (χ3v) is 5.94. The van der Waals surface area contributed by atoms with Gasteiger partial charge >= 0.3 is 0 Å². The van der Waals surface area contributed by atoms with Gasteiger partial charge in [-0.3, -0.25) is 14.4 Å². The lowest BCUT2D eigenvalue weighted by molar-refractivity contribution is -0.121. The second kappa shape index (κ2) is 10.1. The molecule has 4 rings (SSSR count). The highest BCUT2D eigenvalue weighted by molar-refractivity contribution is 6.31. The van der Waals surface area contributed by atoms with E-state index in [2.05, 4.69) is 15.3 Å². The number of carbonyl (C=O) groups excluding carboxylic acids is 1. The van der Waals surface area contributed by atoms with Crippen LogP contribution in [0, 0.1) is 13.8 Å². The minimum Gasteiger partial charge on any atom is -0.352 e. The van der Waals surface area contributed by atoms with E-state index in [0.717, 1.165) is 16.8 Å². The molecule has 8 heteroatoms. The van der Waals surface area contributed by atoms with E-state index in [1.54, 1.807) is 22.8 Å². The first kappa shape index (κ1) is 23.4. The Bertz CT molecular complexity index is 1480. The average Bonchev–Trinajstić information content (AvgIpc) is 2.79. The molecule has 0 unspecified atom stereocenters. The monoisotopic (exact) mass is 476 g/mol. The maximum Gasteiger partial charge on any atom is 0.273 e. The van der Waals surface area contributed by atoms with Crippen LogP contribution < -0.4 is 16.4 Å². The SMILES string of the molecule is Cc1cc(C)c(CNC(=O)CCc2nc3cc(Cl)ccc3n(Cc3ccccc3)c2=O)c(=O)[nH]1. The Morgan fingerprint density at radius 1 is 1.09 bits per heavy atom. The molecule has 0 saturated carbocycles. The van der Waals surface area contributed by atoms with Gasteiger partial charge in [-0.25, -0.2) is 4.98 Å². The fraction of sp³-hybridized carbons (Fsp3) is 0.231. The molecule has 34 heavy (non-hydrogen) atoms. The van der Waals surface area contributed by atoms with Crippen LogP contribution in [-0.4, -0.2) is 20.4 Å². The molecule has 0 fully saturated rings. The lowest BCUT2D eigenvalue weighted by Gasteiger charge is -2.13. The Balaban J connectivity index is 1.55. The van der Waals surface area contributed by atoms with E-state index in [1.165, 1.54) is 0 Å². The summed E-state index contributed by atoms with van der Waals surface area (Å²) in [5, 5.41) is 3.29. The van der Waals surface area contributed by atoms with Gasteiger partial charge in [0.25, 0.3) is 11.1 Å². The maximum atomic E-state index is 13.3. The number of nitrogens with one attached hydrogen (secondary N) is 2. The van der Waals surface area contributed by atoms with E-state index >= 15 is 0 Å². The normalized spacial score (nSPS) is 11.0. The molecule has 0 aliphatic heterocycles. The Labute approximate surface area is 201 Å². The van der Waals surface area contributed by atoms with Crippen LogP contribution in [0.5, 0.6) is 0 Å². The molecule has 0 saturated heterocycles. The van der Waals surface area contributed by atoms with Gasteiger partial charge in [-0.1, -0.05) is 41.9 Å². The molecule has 2 N–H and O–H groups in total. The zero-order valence-corrected chi connectivity index (χ0v) is 19.8. The Kier molecular flexibility index (Phi) is 6.93. The average molecular weight is 477 g/mol. The van der Waals surface area contributed by atoms with Crippen LogP contribution in [-0.2, 0) is 24.3 Å². The number of aromatic amines is 1. The summed E-state index contributed by atoms with van der Waals surface area (Å²) in [5.41, 5.74) is 4.21. The molecule has 0 radical (unpaired) electrons. The molecule has 174 valence electrons. The minimum absolute atomic E-state index is 0.0719. The third kappa shape index (κ3) is 5.26. The summed E-state index contributed by atoms with van der Waals surface area (Å²) < 4.78 is 1.66. The van der Waals surface area contributed by atoms with E-state index in [0.29, 0.717) is 33.9 Å². The summed E-state index contributed by atoms with van der Waals surface area (Å²) >= 11 is 6.17. The largest absolute Gasteiger partial charge is 0.352 e. The zero-order chi connectivity index (χ0) is 24.2. The van der Waals surface area contributed by atoms with Crippen molar-refractivity contribution in [2.75, 3.05) is 0 Å². The summed E-state index contributed by atoms with van der Waals surface area (Å²) in [5.74, 6) is -0.263. The van der Waals surface area contributed by atoms with Gasteiger partial charge in [0.15, 0.2) is 0 Å². The molecular formula is C26H25ClN4O3. The van der Waals surface area contributed by atoms with Gasteiger partial charge < -0.3 is 14.9 Å². The predicted molar refractivity (Wildman–Crippen MR) is 133 cm³/mol. The van der Waals surface area contributed by atoms with E-state index in [1.807, 2.05) is 50.2 Å². The molecule has 0 aliphatic carbocycles. The number of hydrogen-bond donors (Lipinski definition) is 2. The highest BCUT2D eigenvalue weighted by atomic mass is 35.5. The van der Waals surface area contributed by atoms with Gasteiger partial charge in [0.2, 0.25) is 5.91 Å². The van der Waals surface area contributed by atoms with Crippen LogP contribution in [0.15, 0.2) is 64.2 Å². The standard InChI is InChI=1S/C26H25ClN4O3/c1-16-12-17(2)29-25(33)20(16)14-28-24(32)11-9-21-26(34)31(15-18-6-4-3-5-7-18)23-10-8-19(27)13-22(23)30-21/h3-8,10,12-13H,9,11,14-15H2,1-2H3,(H,28,32)(H,29,33). The molecule has 4 aromatic rings. The first-order valence-electron chi connectivity index (χ1n) is 11.0. The number of rotatable bonds is 7. The molecule has 2 heterocycles. The highest BCUT2D eigenvalue weighted by Crippen LogP contribution is 2.18. The highest BCUT2D eigenvalue weighted by Gasteiger charge is 2.14. The Morgan fingerprint density at radius 2 is 1.85 bits per heavy atom. The van der Waals surface area contributed by atoms with Crippen molar-refractivity contribution in [2.24, 2.45) is 0 Å². The van der Waals surface area contributed by atoms with Gasteiger partial charge in [0, 0.05) is 35.7 Å². The van der Waals surface area contributed by atoms with Crippen molar-refractivity contribution in [1.82, 2.24) is 19.9 Å². The van der Waals surface area contributed by atoms with Gasteiger partial charge in [-0.15, -0.1) is 0 Å². The second-order valence-electron chi connectivity index (χ2n) is 8.29. The molecule has 0 spiro atoms. The van der Waals surface area contributed by atoms with E-state index in [4.69, 9.17) is 11.6 Å². The number of H-pyrrole nitrogens is 1. The van der Waals surface area contributed by atoms with Crippen LogP contribution in [0.3, 0.4) is 0 Å². The number of hydrogen-bond acceptors (Lipinski definition) is 4. The van der Waals surface area contributed by atoms with Crippen molar-refractivity contribution in [3.8, 4) is 0 Å². The number of aromatic nitrogens is 3. The number of fused-ring (bicyclic) bond motifs is 1. The summed E-state index contributed by atoms with van der Waals surface area (Å²) in [6, 6.07) is 16.8. The van der Waals surface area contributed by atoms with Crippen molar-refractivity contribution in [1.29, 1.82) is 0 Å². The van der Waals surface area contributed by atoms with Crippen LogP contribution in [0.25, 0.3) is 11.0 Å². The molecule has 0 bridgehead atoms. The number of nitrogens with zero attached hydrogens (tertiary/aromatic N) is 2. The molecule has 2 aromatic heterocycles. The Morgan fingerprint density at radius 3 is 2.59 bits per heavy atom. The van der Waals surface area contributed by atoms with Crippen molar-refractivity contribution >= 4 is 28.5 Å². The van der Waals surface area contributed by atoms with Crippen molar-refractivity contribution < 1.29 is 4.79 Å². The van der Waals surface area contributed by atoms with Crippen molar-refractivity contribution in [3.63, 3.8) is 0 Å². The summed E-state index contributed by atoms with van der Waals surface area (Å²) in [4.78, 5) is 45.2. The second-order valence-corrected chi connectivity index (χ2v) is 8.72. The topological polar surface area (TPSA) is 96.8 Å². The lowest BCUT2D eigenvalue weighted by atomic mass is 10.1. The van der Waals surface area contributed by atoms with E-state index < -0.39 is 0 Å². The predicted octanol–water partition coefficient (Wildman–Crippen LogP) is 3.65. The minimum atomic E-state index is -0.263. The molecule has 2 aromatic carbocycles. The third-order valence-electron chi connectivity index (χ3n) is 5.70. The Hall–Kier alpha value is -3.71. The number of benzene rings is 2. The van der Waals surface area contributed by atoms with Gasteiger partial charge in [-0.2, -0.15) is 0 Å². The smallest absolute Gasteiger partial charge is 0.273 e. The molecule has 0 atom stereocenters. The zero-order valence-electron chi connectivity index (χ0n) is 19.0. The van der Waals surface area contributed by atoms with Crippen LogP contribution in [0.1, 0.15) is 34.5 Å². The number of carbonyl (C=O) groups is 1. The molecule has 1 amide bonds.